The van der Waals surface area contributed by atoms with E-state index in [-0.39, 0.29) is 5.91 Å². The van der Waals surface area contributed by atoms with Crippen LogP contribution in [0.1, 0.15) is 49.4 Å². The number of hydrogen-bond acceptors (Lipinski definition) is 2. The van der Waals surface area contributed by atoms with Crippen molar-refractivity contribution < 1.29 is 9.53 Å². The van der Waals surface area contributed by atoms with Crippen LogP contribution in [0.5, 0.6) is 5.75 Å². The number of rotatable bonds is 5. The van der Waals surface area contributed by atoms with Crippen molar-refractivity contribution in [3.63, 3.8) is 0 Å². The molecular weight excluding hydrogens is 330 g/mol. The molecule has 1 saturated heterocycles. The van der Waals surface area contributed by atoms with Crippen LogP contribution in [-0.2, 0) is 0 Å². The van der Waals surface area contributed by atoms with Crippen LogP contribution in [0.4, 0.5) is 0 Å². The molecule has 0 aliphatic carbocycles. The van der Waals surface area contributed by atoms with Gasteiger partial charge in [0.05, 0.1) is 6.61 Å². The van der Waals surface area contributed by atoms with Crippen molar-refractivity contribution in [2.24, 2.45) is 0 Å². The molecule has 116 valence electrons. The van der Waals surface area contributed by atoms with Crippen LogP contribution in [-0.4, -0.2) is 35.3 Å². The molecule has 1 unspecified atom stereocenters. The maximum Gasteiger partial charge on any atom is 0.254 e. The minimum atomic E-state index is 0.128. The van der Waals surface area contributed by atoms with Crippen molar-refractivity contribution in [1.82, 2.24) is 4.90 Å². The topological polar surface area (TPSA) is 29.5 Å². The van der Waals surface area contributed by atoms with Gasteiger partial charge in [0.15, 0.2) is 0 Å². The first kappa shape index (κ1) is 16.3. The molecule has 0 aromatic heterocycles. The zero-order valence-electron chi connectivity index (χ0n) is 12.7. The molecule has 1 fully saturated rings. The fourth-order valence-corrected chi connectivity index (χ4v) is 3.38. The smallest absolute Gasteiger partial charge is 0.254 e. The first-order chi connectivity index (χ1) is 10.3. The van der Waals surface area contributed by atoms with E-state index >= 15 is 0 Å². The van der Waals surface area contributed by atoms with E-state index in [0.717, 1.165) is 42.5 Å². The highest BCUT2D eigenvalue weighted by Gasteiger charge is 2.25. The summed E-state index contributed by atoms with van der Waals surface area (Å²) in [6.45, 7) is 3.62. The van der Waals surface area contributed by atoms with Gasteiger partial charge < -0.3 is 9.64 Å². The lowest BCUT2D eigenvalue weighted by Gasteiger charge is -2.29. The Hall–Kier alpha value is -1.03. The predicted octanol–water partition coefficient (Wildman–Crippen LogP) is 4.26. The molecule has 2 rings (SSSR count). The molecular formula is C17H24BrNO2. The number of ether oxygens (including phenoxy) is 1. The highest BCUT2D eigenvalue weighted by Crippen LogP contribution is 2.22. The Morgan fingerprint density at radius 1 is 1.38 bits per heavy atom. The van der Waals surface area contributed by atoms with Crippen molar-refractivity contribution in [3.05, 3.63) is 29.8 Å². The number of benzene rings is 1. The molecule has 1 atom stereocenters. The number of nitrogens with zero attached hydrogens (tertiary/aromatic N) is 1. The van der Waals surface area contributed by atoms with Crippen LogP contribution >= 0.6 is 15.9 Å². The lowest BCUT2D eigenvalue weighted by Crippen LogP contribution is -2.41. The molecule has 1 aromatic rings. The summed E-state index contributed by atoms with van der Waals surface area (Å²) >= 11 is 3.56. The molecule has 0 saturated carbocycles. The normalized spacial score (nSPS) is 19.1. The van der Waals surface area contributed by atoms with Gasteiger partial charge in [-0.25, -0.2) is 0 Å². The van der Waals surface area contributed by atoms with Crippen LogP contribution in [0.3, 0.4) is 0 Å². The third-order valence-electron chi connectivity index (χ3n) is 3.87. The van der Waals surface area contributed by atoms with E-state index < -0.39 is 0 Å². The largest absolute Gasteiger partial charge is 0.494 e. The monoisotopic (exact) mass is 353 g/mol. The Morgan fingerprint density at radius 3 is 3.00 bits per heavy atom. The van der Waals surface area contributed by atoms with E-state index in [1.165, 1.54) is 12.8 Å². The minimum Gasteiger partial charge on any atom is -0.494 e. The Labute approximate surface area is 135 Å². The van der Waals surface area contributed by atoms with Crippen LogP contribution in [0.2, 0.25) is 0 Å². The number of hydrogen-bond donors (Lipinski definition) is 0. The number of carbonyl (C=O) groups excluding carboxylic acids is 1. The first-order valence-electron chi connectivity index (χ1n) is 7.86. The summed E-state index contributed by atoms with van der Waals surface area (Å²) in [5.41, 5.74) is 0.733. The van der Waals surface area contributed by atoms with Gasteiger partial charge >= 0.3 is 0 Å². The summed E-state index contributed by atoms with van der Waals surface area (Å²) in [6.07, 6.45) is 5.58. The molecule has 1 heterocycles. The third kappa shape index (κ3) is 4.47. The quantitative estimate of drug-likeness (QED) is 0.740. The molecule has 21 heavy (non-hydrogen) atoms. The van der Waals surface area contributed by atoms with Crippen molar-refractivity contribution in [2.75, 3.05) is 18.5 Å². The fraction of sp³-hybridized carbons (Fsp3) is 0.588. The standard InChI is InChI=1S/C17H24BrNO2/c1-2-11-21-16-9-6-7-14(12-16)17(20)19-10-5-3-4-8-15(19)13-18/h6-7,9,12,15H,2-5,8,10-11,13H2,1H3. The molecule has 0 bridgehead atoms. The summed E-state index contributed by atoms with van der Waals surface area (Å²) in [7, 11) is 0. The molecule has 1 aromatic carbocycles. The lowest BCUT2D eigenvalue weighted by molar-refractivity contribution is 0.0702. The number of halogens is 1. The van der Waals surface area contributed by atoms with Gasteiger partial charge in [0.25, 0.3) is 5.91 Å². The van der Waals surface area contributed by atoms with Gasteiger partial charge in [-0.3, -0.25) is 4.79 Å². The fourth-order valence-electron chi connectivity index (χ4n) is 2.71. The van der Waals surface area contributed by atoms with Gasteiger partial charge in [-0.2, -0.15) is 0 Å². The molecule has 0 N–H and O–H groups in total. The Kier molecular flexibility index (Phi) is 6.55. The SMILES string of the molecule is CCCOc1cccc(C(=O)N2CCCCCC2CBr)c1. The van der Waals surface area contributed by atoms with Crippen LogP contribution in [0.15, 0.2) is 24.3 Å². The zero-order valence-corrected chi connectivity index (χ0v) is 14.3. The van der Waals surface area contributed by atoms with E-state index in [1.54, 1.807) is 0 Å². The number of carbonyl (C=O) groups is 1. The summed E-state index contributed by atoms with van der Waals surface area (Å²) in [6, 6.07) is 7.88. The lowest BCUT2D eigenvalue weighted by atomic mass is 10.1. The average Bonchev–Trinajstić information content (AvgIpc) is 2.77. The Morgan fingerprint density at radius 2 is 2.24 bits per heavy atom. The zero-order chi connectivity index (χ0) is 15.1. The molecule has 0 spiro atoms. The number of alkyl halides is 1. The molecule has 4 heteroatoms. The third-order valence-corrected chi connectivity index (χ3v) is 4.62. The first-order valence-corrected chi connectivity index (χ1v) is 8.98. The molecule has 3 nitrogen and oxygen atoms in total. The summed E-state index contributed by atoms with van der Waals surface area (Å²) < 4.78 is 5.63. The van der Waals surface area contributed by atoms with Crippen LogP contribution in [0, 0.1) is 0 Å². The Balaban J connectivity index is 2.13. The maximum absolute atomic E-state index is 12.8. The predicted molar refractivity (Wildman–Crippen MR) is 89.3 cm³/mol. The van der Waals surface area contributed by atoms with Crippen LogP contribution < -0.4 is 4.74 Å². The highest BCUT2D eigenvalue weighted by molar-refractivity contribution is 9.09. The van der Waals surface area contributed by atoms with Gasteiger partial charge in [-0.05, 0) is 37.5 Å². The van der Waals surface area contributed by atoms with Crippen molar-refractivity contribution in [2.45, 2.75) is 45.1 Å². The van der Waals surface area contributed by atoms with Crippen molar-refractivity contribution >= 4 is 21.8 Å². The van der Waals surface area contributed by atoms with Gasteiger partial charge in [-0.15, -0.1) is 0 Å². The van der Waals surface area contributed by atoms with Crippen molar-refractivity contribution in [3.8, 4) is 5.75 Å². The summed E-state index contributed by atoms with van der Waals surface area (Å²) in [5.74, 6) is 0.913. The van der Waals surface area contributed by atoms with Gasteiger partial charge in [0.2, 0.25) is 0 Å². The second kappa shape index (κ2) is 8.42. The maximum atomic E-state index is 12.8. The minimum absolute atomic E-state index is 0.128. The van der Waals surface area contributed by atoms with E-state index in [0.29, 0.717) is 12.6 Å². The summed E-state index contributed by atoms with van der Waals surface area (Å²) in [5, 5.41) is 0.852. The van der Waals surface area contributed by atoms with E-state index in [1.807, 2.05) is 29.2 Å². The van der Waals surface area contributed by atoms with Crippen molar-refractivity contribution in [1.29, 1.82) is 0 Å². The molecule has 0 radical (unpaired) electrons. The van der Waals surface area contributed by atoms with Gasteiger partial charge in [-0.1, -0.05) is 41.8 Å². The van der Waals surface area contributed by atoms with Gasteiger partial charge in [0, 0.05) is 23.5 Å². The number of amides is 1. The van der Waals surface area contributed by atoms with E-state index in [9.17, 15) is 4.79 Å². The van der Waals surface area contributed by atoms with Crippen LogP contribution in [0.25, 0.3) is 0 Å². The molecule has 1 aliphatic rings. The second-order valence-electron chi connectivity index (χ2n) is 5.53. The Bertz CT molecular complexity index is 464. The highest BCUT2D eigenvalue weighted by atomic mass is 79.9. The molecule has 1 aliphatic heterocycles. The van der Waals surface area contributed by atoms with Gasteiger partial charge in [0.1, 0.15) is 5.75 Å². The molecule has 1 amide bonds. The number of likely N-dealkylation sites (tertiary alicyclic amines) is 1. The average molecular weight is 354 g/mol. The summed E-state index contributed by atoms with van der Waals surface area (Å²) in [4.78, 5) is 14.8. The van der Waals surface area contributed by atoms with E-state index in [4.69, 9.17) is 4.74 Å². The second-order valence-corrected chi connectivity index (χ2v) is 6.18. The van der Waals surface area contributed by atoms with E-state index in [2.05, 4.69) is 22.9 Å².